The van der Waals surface area contributed by atoms with E-state index in [1.807, 2.05) is 6.92 Å². The zero-order valence-electron chi connectivity index (χ0n) is 5.72. The molecule has 0 heterocycles. The van der Waals surface area contributed by atoms with E-state index in [1.165, 1.54) is 0 Å². The van der Waals surface area contributed by atoms with Crippen molar-refractivity contribution in [2.45, 2.75) is 32.5 Å². The van der Waals surface area contributed by atoms with Crippen LogP contribution in [0.1, 0.15) is 20.3 Å². The molecular formula is C6H14O2. The molecule has 0 spiro atoms. The Hall–Kier alpha value is -0.0800. The molecule has 50 valence electrons. The van der Waals surface area contributed by atoms with E-state index in [2.05, 4.69) is 0 Å². The first-order valence-corrected chi connectivity index (χ1v) is 2.87. The van der Waals surface area contributed by atoms with Crippen LogP contribution in [0.2, 0.25) is 0 Å². The van der Waals surface area contributed by atoms with E-state index in [-0.39, 0.29) is 12.2 Å². The fourth-order valence-electron chi connectivity index (χ4n) is 0.577. The summed E-state index contributed by atoms with van der Waals surface area (Å²) in [6.07, 6.45) is 0.649. The molecule has 2 atom stereocenters. The molecule has 0 fully saturated rings. The fourth-order valence-corrected chi connectivity index (χ4v) is 0.577. The van der Waals surface area contributed by atoms with Gasteiger partial charge in [-0.05, 0) is 20.3 Å². The first kappa shape index (κ1) is 7.92. The molecule has 2 nitrogen and oxygen atoms in total. The Bertz CT molecular complexity index is 52.5. The van der Waals surface area contributed by atoms with Gasteiger partial charge in [0.1, 0.15) is 0 Å². The van der Waals surface area contributed by atoms with Gasteiger partial charge in [0, 0.05) is 7.11 Å². The highest BCUT2D eigenvalue weighted by molar-refractivity contribution is 4.53. The lowest BCUT2D eigenvalue weighted by atomic mass is 10.2. The Morgan fingerprint density at radius 2 is 2.00 bits per heavy atom. The van der Waals surface area contributed by atoms with Crippen LogP contribution in [0.25, 0.3) is 0 Å². The molecular weight excluding hydrogens is 104 g/mol. The Balaban J connectivity index is 3.10. The monoisotopic (exact) mass is 118 g/mol. The van der Waals surface area contributed by atoms with Crippen LogP contribution in [0.4, 0.5) is 0 Å². The van der Waals surface area contributed by atoms with Crippen LogP contribution in [-0.2, 0) is 4.74 Å². The second kappa shape index (κ2) is 3.87. The van der Waals surface area contributed by atoms with Gasteiger partial charge >= 0.3 is 0 Å². The van der Waals surface area contributed by atoms with E-state index >= 15 is 0 Å². The molecule has 0 rings (SSSR count). The number of rotatable bonds is 3. The van der Waals surface area contributed by atoms with Gasteiger partial charge in [0.05, 0.1) is 12.2 Å². The number of ether oxygens (including phenoxy) is 1. The van der Waals surface area contributed by atoms with Crippen molar-refractivity contribution in [3.63, 3.8) is 0 Å². The molecule has 1 N–H and O–H groups in total. The summed E-state index contributed by atoms with van der Waals surface area (Å²) in [7, 11) is 1.65. The first-order chi connectivity index (χ1) is 3.66. The lowest BCUT2D eigenvalue weighted by Crippen LogP contribution is -2.13. The molecule has 0 aliphatic heterocycles. The second-order valence-corrected chi connectivity index (χ2v) is 2.13. The lowest BCUT2D eigenvalue weighted by Gasteiger charge is -2.09. The third-order valence-corrected chi connectivity index (χ3v) is 1.08. The van der Waals surface area contributed by atoms with Crippen LogP contribution in [0.15, 0.2) is 0 Å². The fraction of sp³-hybridized carbons (Fsp3) is 1.00. The Labute approximate surface area is 50.5 Å². The molecule has 8 heavy (non-hydrogen) atoms. The molecule has 0 saturated heterocycles. The molecule has 2 heteroatoms. The van der Waals surface area contributed by atoms with E-state index in [1.54, 1.807) is 14.0 Å². The second-order valence-electron chi connectivity index (χ2n) is 2.13. The standard InChI is InChI=1S/C6H14O2/c1-5(7)4-6(2)8-3/h5-7H,4H2,1-3H3/t5?,6-/m1/s1. The number of aliphatic hydroxyl groups excluding tert-OH is 1. The molecule has 0 bridgehead atoms. The third-order valence-electron chi connectivity index (χ3n) is 1.08. The van der Waals surface area contributed by atoms with Crippen molar-refractivity contribution in [3.8, 4) is 0 Å². The van der Waals surface area contributed by atoms with E-state index in [9.17, 15) is 0 Å². The minimum Gasteiger partial charge on any atom is -0.393 e. The third kappa shape index (κ3) is 4.09. The highest BCUT2D eigenvalue weighted by Gasteiger charge is 2.02. The summed E-state index contributed by atoms with van der Waals surface area (Å²) in [6, 6.07) is 0. The minimum absolute atomic E-state index is 0.176. The van der Waals surface area contributed by atoms with Crippen molar-refractivity contribution in [2.24, 2.45) is 0 Å². The van der Waals surface area contributed by atoms with Gasteiger partial charge in [0.2, 0.25) is 0 Å². The largest absolute Gasteiger partial charge is 0.393 e. The van der Waals surface area contributed by atoms with Crippen molar-refractivity contribution >= 4 is 0 Å². The van der Waals surface area contributed by atoms with Crippen LogP contribution >= 0.6 is 0 Å². The highest BCUT2D eigenvalue weighted by Crippen LogP contribution is 1.98. The normalized spacial score (nSPS) is 18.0. The highest BCUT2D eigenvalue weighted by atomic mass is 16.5. The van der Waals surface area contributed by atoms with Crippen molar-refractivity contribution in [1.82, 2.24) is 0 Å². The van der Waals surface area contributed by atoms with Crippen molar-refractivity contribution in [3.05, 3.63) is 0 Å². The number of hydrogen-bond donors (Lipinski definition) is 1. The van der Waals surface area contributed by atoms with Gasteiger partial charge in [0.25, 0.3) is 0 Å². The van der Waals surface area contributed by atoms with Gasteiger partial charge in [-0.3, -0.25) is 0 Å². The van der Waals surface area contributed by atoms with Crippen molar-refractivity contribution < 1.29 is 9.84 Å². The molecule has 0 aliphatic rings. The number of methoxy groups -OCH3 is 1. The Kier molecular flexibility index (Phi) is 3.83. The van der Waals surface area contributed by atoms with Gasteiger partial charge in [-0.2, -0.15) is 0 Å². The number of aliphatic hydroxyl groups is 1. The van der Waals surface area contributed by atoms with Crippen LogP contribution < -0.4 is 0 Å². The summed E-state index contributed by atoms with van der Waals surface area (Å²) >= 11 is 0. The molecule has 0 aromatic rings. The first-order valence-electron chi connectivity index (χ1n) is 2.87. The van der Waals surface area contributed by atoms with E-state index in [4.69, 9.17) is 9.84 Å². The molecule has 0 aliphatic carbocycles. The van der Waals surface area contributed by atoms with E-state index < -0.39 is 0 Å². The minimum atomic E-state index is -0.245. The smallest absolute Gasteiger partial charge is 0.0567 e. The molecule has 0 radical (unpaired) electrons. The zero-order valence-corrected chi connectivity index (χ0v) is 5.72. The summed E-state index contributed by atoms with van der Waals surface area (Å²) in [4.78, 5) is 0. The average molecular weight is 118 g/mol. The van der Waals surface area contributed by atoms with Crippen LogP contribution in [0.3, 0.4) is 0 Å². The summed E-state index contributed by atoms with van der Waals surface area (Å²) in [6.45, 7) is 3.70. The molecule has 0 amide bonds. The van der Waals surface area contributed by atoms with Crippen molar-refractivity contribution in [1.29, 1.82) is 0 Å². The average Bonchev–Trinajstić information content (AvgIpc) is 1.65. The SMILES string of the molecule is CO[C@H](C)CC(C)O. The predicted molar refractivity (Wildman–Crippen MR) is 32.8 cm³/mol. The van der Waals surface area contributed by atoms with Crippen molar-refractivity contribution in [2.75, 3.05) is 7.11 Å². The number of hydrogen-bond acceptors (Lipinski definition) is 2. The van der Waals surface area contributed by atoms with Gasteiger partial charge < -0.3 is 9.84 Å². The van der Waals surface area contributed by atoms with Crippen LogP contribution in [0, 0.1) is 0 Å². The maximum atomic E-state index is 8.77. The summed E-state index contributed by atoms with van der Waals surface area (Å²) in [5.74, 6) is 0. The summed E-state index contributed by atoms with van der Waals surface area (Å²) in [5, 5.41) is 8.77. The lowest BCUT2D eigenvalue weighted by molar-refractivity contribution is 0.0635. The summed E-state index contributed by atoms with van der Waals surface area (Å²) in [5.41, 5.74) is 0. The zero-order chi connectivity index (χ0) is 6.57. The molecule has 0 aromatic carbocycles. The quantitative estimate of drug-likeness (QED) is 0.593. The summed E-state index contributed by atoms with van der Waals surface area (Å²) < 4.78 is 4.90. The topological polar surface area (TPSA) is 29.5 Å². The molecule has 0 aromatic heterocycles. The Morgan fingerprint density at radius 3 is 2.12 bits per heavy atom. The van der Waals surface area contributed by atoms with Gasteiger partial charge in [-0.1, -0.05) is 0 Å². The van der Waals surface area contributed by atoms with E-state index in [0.29, 0.717) is 0 Å². The Morgan fingerprint density at radius 1 is 1.50 bits per heavy atom. The van der Waals surface area contributed by atoms with Gasteiger partial charge in [0.15, 0.2) is 0 Å². The predicted octanol–water partition coefficient (Wildman–Crippen LogP) is 0.792. The van der Waals surface area contributed by atoms with Crippen LogP contribution in [0.5, 0.6) is 0 Å². The molecule has 1 unspecified atom stereocenters. The van der Waals surface area contributed by atoms with Gasteiger partial charge in [-0.15, -0.1) is 0 Å². The van der Waals surface area contributed by atoms with E-state index in [0.717, 1.165) is 6.42 Å². The molecule has 0 saturated carbocycles. The maximum absolute atomic E-state index is 8.77. The maximum Gasteiger partial charge on any atom is 0.0567 e. The van der Waals surface area contributed by atoms with Crippen LogP contribution in [-0.4, -0.2) is 24.4 Å². The van der Waals surface area contributed by atoms with Gasteiger partial charge in [-0.25, -0.2) is 0 Å².